The smallest absolute Gasteiger partial charge is 0.230 e. The van der Waals surface area contributed by atoms with E-state index < -0.39 is 5.82 Å². The molecule has 2 aromatic heterocycles. The zero-order valence-corrected chi connectivity index (χ0v) is 16.6. The van der Waals surface area contributed by atoms with Gasteiger partial charge in [0.2, 0.25) is 5.91 Å². The molecule has 0 saturated heterocycles. The average Bonchev–Trinajstić information content (AvgIpc) is 3.35. The molecule has 7 nitrogen and oxygen atoms in total. The van der Waals surface area contributed by atoms with Gasteiger partial charge >= 0.3 is 0 Å². The minimum atomic E-state index is -0.461. The highest BCUT2D eigenvalue weighted by Gasteiger charge is 2.17. The number of thioether (sulfide) groups is 1. The van der Waals surface area contributed by atoms with E-state index in [4.69, 9.17) is 9.15 Å². The Morgan fingerprint density at radius 1 is 1.39 bits per heavy atom. The molecule has 0 aliphatic rings. The van der Waals surface area contributed by atoms with Crippen LogP contribution in [0.4, 0.5) is 4.39 Å². The van der Waals surface area contributed by atoms with Crippen molar-refractivity contribution in [1.82, 2.24) is 20.1 Å². The molecule has 28 heavy (non-hydrogen) atoms. The van der Waals surface area contributed by atoms with E-state index in [1.54, 1.807) is 31.4 Å². The molecule has 3 rings (SSSR count). The van der Waals surface area contributed by atoms with Crippen LogP contribution >= 0.6 is 11.8 Å². The number of hydrogen-bond acceptors (Lipinski definition) is 6. The van der Waals surface area contributed by atoms with Gasteiger partial charge in [-0.3, -0.25) is 9.36 Å². The third-order valence-electron chi connectivity index (χ3n) is 4.16. The van der Waals surface area contributed by atoms with Gasteiger partial charge in [-0.15, -0.1) is 10.2 Å². The van der Waals surface area contributed by atoms with Gasteiger partial charge in [-0.2, -0.15) is 0 Å². The normalized spacial score (nSPS) is 12.0. The molecule has 0 aliphatic heterocycles. The summed E-state index contributed by atoms with van der Waals surface area (Å²) < 4.78 is 26.0. The highest BCUT2D eigenvalue weighted by atomic mass is 32.2. The molecular formula is C19H21FN4O3S. The Morgan fingerprint density at radius 3 is 2.86 bits per heavy atom. The van der Waals surface area contributed by atoms with Gasteiger partial charge in [0.25, 0.3) is 0 Å². The summed E-state index contributed by atoms with van der Waals surface area (Å²) in [6.07, 6.45) is 1.58. The number of aromatic nitrogens is 3. The zero-order valence-electron chi connectivity index (χ0n) is 15.8. The van der Waals surface area contributed by atoms with Crippen LogP contribution in [0.15, 0.2) is 46.2 Å². The highest BCUT2D eigenvalue weighted by molar-refractivity contribution is 7.99. The van der Waals surface area contributed by atoms with Crippen LogP contribution in [0.1, 0.15) is 25.5 Å². The van der Waals surface area contributed by atoms with Crippen LogP contribution in [-0.4, -0.2) is 33.5 Å². The summed E-state index contributed by atoms with van der Waals surface area (Å²) >= 11 is 1.29. The van der Waals surface area contributed by atoms with Gasteiger partial charge in [-0.1, -0.05) is 17.8 Å². The monoisotopic (exact) mass is 404 g/mol. The molecule has 1 amide bonds. The molecule has 1 N–H and O–H groups in total. The lowest BCUT2D eigenvalue weighted by Gasteiger charge is -2.15. The molecule has 0 fully saturated rings. The van der Waals surface area contributed by atoms with Crippen LogP contribution in [-0.2, 0) is 11.3 Å². The van der Waals surface area contributed by atoms with E-state index in [0.29, 0.717) is 28.8 Å². The number of carbonyl (C=O) groups excluding carboxylic acids is 1. The van der Waals surface area contributed by atoms with Gasteiger partial charge < -0.3 is 14.5 Å². The van der Waals surface area contributed by atoms with Gasteiger partial charge in [-0.05, 0) is 43.7 Å². The standard InChI is InChI=1S/C19H21FN4O3S/c1-4-24-18(16-6-5-9-27-16)22-23-19(24)28-11-17(25)21-12(2)13-7-8-15(26-3)14(20)10-13/h5-10,12H,4,11H2,1-3H3,(H,21,25)/t12-/m0/s1. The first-order valence-corrected chi connectivity index (χ1v) is 9.74. The molecule has 1 atom stereocenters. The molecule has 0 aliphatic carbocycles. The lowest BCUT2D eigenvalue weighted by atomic mass is 10.1. The van der Waals surface area contributed by atoms with E-state index in [9.17, 15) is 9.18 Å². The Labute approximate surface area is 166 Å². The summed E-state index contributed by atoms with van der Waals surface area (Å²) in [5.41, 5.74) is 0.661. The summed E-state index contributed by atoms with van der Waals surface area (Å²) in [5.74, 6) is 0.942. The molecule has 2 heterocycles. The van der Waals surface area contributed by atoms with Crippen molar-refractivity contribution in [2.45, 2.75) is 31.6 Å². The fourth-order valence-electron chi connectivity index (χ4n) is 2.72. The van der Waals surface area contributed by atoms with Crippen molar-refractivity contribution in [3.63, 3.8) is 0 Å². The fraction of sp³-hybridized carbons (Fsp3) is 0.316. The van der Waals surface area contributed by atoms with Crippen molar-refractivity contribution in [3.8, 4) is 17.3 Å². The van der Waals surface area contributed by atoms with E-state index in [1.807, 2.05) is 17.6 Å². The molecule has 0 bridgehead atoms. The maximum Gasteiger partial charge on any atom is 0.230 e. The summed E-state index contributed by atoms with van der Waals surface area (Å²) in [6, 6.07) is 7.89. The van der Waals surface area contributed by atoms with Crippen LogP contribution in [0, 0.1) is 5.82 Å². The number of carbonyl (C=O) groups is 1. The third kappa shape index (κ3) is 4.36. The first-order chi connectivity index (χ1) is 13.5. The predicted octanol–water partition coefficient (Wildman–Crippen LogP) is 3.68. The Kier molecular flexibility index (Phi) is 6.35. The second-order valence-corrected chi connectivity index (χ2v) is 6.94. The maximum absolute atomic E-state index is 13.9. The predicted molar refractivity (Wildman–Crippen MR) is 104 cm³/mol. The molecule has 0 saturated carbocycles. The summed E-state index contributed by atoms with van der Waals surface area (Å²) in [7, 11) is 1.41. The SMILES string of the molecule is CCn1c(SCC(=O)N[C@@H](C)c2ccc(OC)c(F)c2)nnc1-c1ccco1. The second-order valence-electron chi connectivity index (χ2n) is 6.00. The number of benzene rings is 1. The Balaban J connectivity index is 1.61. The van der Waals surface area contributed by atoms with Gasteiger partial charge in [0.15, 0.2) is 28.3 Å². The van der Waals surface area contributed by atoms with Crippen LogP contribution in [0.25, 0.3) is 11.6 Å². The van der Waals surface area contributed by atoms with E-state index in [0.717, 1.165) is 0 Å². The van der Waals surface area contributed by atoms with Gasteiger partial charge in [0.05, 0.1) is 25.2 Å². The highest BCUT2D eigenvalue weighted by Crippen LogP contribution is 2.25. The molecule has 9 heteroatoms. The second kappa shape index (κ2) is 8.92. The number of amides is 1. The van der Waals surface area contributed by atoms with Crippen molar-refractivity contribution < 1.29 is 18.3 Å². The van der Waals surface area contributed by atoms with Gasteiger partial charge in [-0.25, -0.2) is 4.39 Å². The lowest BCUT2D eigenvalue weighted by molar-refractivity contribution is -0.119. The molecule has 3 aromatic rings. The Hall–Kier alpha value is -2.81. The van der Waals surface area contributed by atoms with Crippen LogP contribution in [0.5, 0.6) is 5.75 Å². The average molecular weight is 404 g/mol. The number of rotatable bonds is 8. The van der Waals surface area contributed by atoms with Crippen molar-refractivity contribution in [3.05, 3.63) is 48.0 Å². The molecular weight excluding hydrogens is 383 g/mol. The van der Waals surface area contributed by atoms with Crippen molar-refractivity contribution in [2.24, 2.45) is 0 Å². The molecule has 1 aromatic carbocycles. The van der Waals surface area contributed by atoms with E-state index in [-0.39, 0.29) is 23.5 Å². The maximum atomic E-state index is 13.9. The first-order valence-electron chi connectivity index (χ1n) is 8.76. The van der Waals surface area contributed by atoms with Crippen LogP contribution in [0.2, 0.25) is 0 Å². The topological polar surface area (TPSA) is 82.2 Å². The minimum absolute atomic E-state index is 0.166. The lowest BCUT2D eigenvalue weighted by Crippen LogP contribution is -2.28. The van der Waals surface area contributed by atoms with E-state index in [1.165, 1.54) is 24.9 Å². The van der Waals surface area contributed by atoms with Gasteiger partial charge in [0, 0.05) is 6.54 Å². The van der Waals surface area contributed by atoms with Crippen molar-refractivity contribution in [1.29, 1.82) is 0 Å². The van der Waals surface area contributed by atoms with Crippen LogP contribution < -0.4 is 10.1 Å². The van der Waals surface area contributed by atoms with Crippen LogP contribution in [0.3, 0.4) is 0 Å². The number of ether oxygens (including phenoxy) is 1. The number of furan rings is 1. The van der Waals surface area contributed by atoms with Gasteiger partial charge in [0.1, 0.15) is 0 Å². The van der Waals surface area contributed by atoms with E-state index in [2.05, 4.69) is 15.5 Å². The Bertz CT molecular complexity index is 943. The quantitative estimate of drug-likeness (QED) is 0.577. The number of nitrogens with zero attached hydrogens (tertiary/aromatic N) is 3. The third-order valence-corrected chi connectivity index (χ3v) is 5.13. The summed E-state index contributed by atoms with van der Waals surface area (Å²) in [6.45, 7) is 4.42. The zero-order chi connectivity index (χ0) is 20.1. The van der Waals surface area contributed by atoms with Crippen molar-refractivity contribution in [2.75, 3.05) is 12.9 Å². The molecule has 0 unspecified atom stereocenters. The minimum Gasteiger partial charge on any atom is -0.494 e. The molecule has 0 spiro atoms. The summed E-state index contributed by atoms with van der Waals surface area (Å²) in [5, 5.41) is 11.8. The number of nitrogens with one attached hydrogen (secondary N) is 1. The number of methoxy groups -OCH3 is 1. The van der Waals surface area contributed by atoms with E-state index >= 15 is 0 Å². The number of halogens is 1. The summed E-state index contributed by atoms with van der Waals surface area (Å²) in [4.78, 5) is 12.3. The molecule has 0 radical (unpaired) electrons. The fourth-order valence-corrected chi connectivity index (χ4v) is 3.53. The van der Waals surface area contributed by atoms with Crippen molar-refractivity contribution >= 4 is 17.7 Å². The number of hydrogen-bond donors (Lipinski definition) is 1. The largest absolute Gasteiger partial charge is 0.494 e. The Morgan fingerprint density at radius 2 is 2.21 bits per heavy atom. The molecule has 148 valence electrons. The first kappa shape index (κ1) is 19.9.